The lowest BCUT2D eigenvalue weighted by molar-refractivity contribution is -0.146. The van der Waals surface area contributed by atoms with Gasteiger partial charge in [-0.1, -0.05) is 76.1 Å². The lowest BCUT2D eigenvalue weighted by Gasteiger charge is -2.40. The molecule has 1 N–H and O–H groups in total. The molecule has 0 saturated carbocycles. The maximum atomic E-state index is 14.7. The number of hydrogen-bond acceptors (Lipinski definition) is 5. The largest absolute Gasteiger partial charge is 0.394 e. The molecule has 6 atom stereocenters. The van der Waals surface area contributed by atoms with Gasteiger partial charge in [0, 0.05) is 30.1 Å². The highest BCUT2D eigenvalue weighted by Gasteiger charge is 2.74. The summed E-state index contributed by atoms with van der Waals surface area (Å²) in [5.74, 6) is -1.45. The Morgan fingerprint density at radius 1 is 0.975 bits per heavy atom. The molecule has 4 aliphatic heterocycles. The quantitative estimate of drug-likeness (QED) is 0.357. The summed E-state index contributed by atoms with van der Waals surface area (Å²) in [7, 11) is 0. The third kappa shape index (κ3) is 4.71. The van der Waals surface area contributed by atoms with Crippen LogP contribution in [0.5, 0.6) is 0 Å². The molecule has 0 aromatic heterocycles. The molecular formula is C32H43N3O4S. The molecule has 1 unspecified atom stereocenters. The summed E-state index contributed by atoms with van der Waals surface area (Å²) in [6.45, 7) is 9.66. The van der Waals surface area contributed by atoms with Crippen LogP contribution in [0.25, 0.3) is 0 Å². The minimum absolute atomic E-state index is 0.0666. The number of nitrogens with zero attached hydrogens (tertiary/aromatic N) is 3. The van der Waals surface area contributed by atoms with Crippen LogP contribution in [-0.2, 0) is 14.4 Å². The molecule has 216 valence electrons. The van der Waals surface area contributed by atoms with Crippen LogP contribution in [0.1, 0.15) is 53.4 Å². The van der Waals surface area contributed by atoms with Crippen LogP contribution in [0, 0.1) is 17.8 Å². The summed E-state index contributed by atoms with van der Waals surface area (Å²) in [5, 5.41) is 10.5. The monoisotopic (exact) mass is 565 g/mol. The van der Waals surface area contributed by atoms with Gasteiger partial charge in [0.05, 0.1) is 29.2 Å². The van der Waals surface area contributed by atoms with Gasteiger partial charge in [0.15, 0.2) is 0 Å². The summed E-state index contributed by atoms with van der Waals surface area (Å²) >= 11 is 1.60. The number of para-hydroxylation sites is 1. The van der Waals surface area contributed by atoms with Crippen molar-refractivity contribution in [1.82, 2.24) is 9.80 Å². The molecule has 2 fully saturated rings. The number of likely N-dealkylation sites (tertiary alicyclic amines) is 1. The first-order chi connectivity index (χ1) is 19.2. The Morgan fingerprint density at radius 3 is 2.38 bits per heavy atom. The Balaban J connectivity index is 1.62. The highest BCUT2D eigenvalue weighted by atomic mass is 32.2. The lowest BCUT2D eigenvalue weighted by Crippen LogP contribution is -2.57. The minimum Gasteiger partial charge on any atom is -0.394 e. The van der Waals surface area contributed by atoms with Crippen molar-refractivity contribution in [3.63, 3.8) is 0 Å². The Morgan fingerprint density at radius 2 is 1.70 bits per heavy atom. The van der Waals surface area contributed by atoms with Gasteiger partial charge in [-0.3, -0.25) is 14.4 Å². The predicted molar refractivity (Wildman–Crippen MR) is 160 cm³/mol. The zero-order valence-electron chi connectivity index (χ0n) is 24.2. The number of hydrogen-bond donors (Lipinski definition) is 1. The van der Waals surface area contributed by atoms with E-state index in [0.29, 0.717) is 26.1 Å². The number of aliphatic hydroxyl groups is 1. The van der Waals surface area contributed by atoms with Crippen molar-refractivity contribution in [2.75, 3.05) is 31.1 Å². The average molecular weight is 566 g/mol. The maximum absolute atomic E-state index is 14.7. The molecule has 4 aliphatic rings. The van der Waals surface area contributed by atoms with Crippen molar-refractivity contribution in [1.29, 1.82) is 0 Å². The topological polar surface area (TPSA) is 81.2 Å². The summed E-state index contributed by atoms with van der Waals surface area (Å²) in [5.41, 5.74) is 0.800. The SMILES string of the molecule is CCCCCN1CC=C[C@]23S[C@@]4(C)C=CCN(c5ccccc5)C(=O)[C@H]4[C@H]2C(=O)N([C@@H](CO)CC(C)C)C3C1=O. The van der Waals surface area contributed by atoms with Crippen molar-refractivity contribution in [3.05, 3.63) is 54.6 Å². The molecule has 40 heavy (non-hydrogen) atoms. The molecule has 0 aliphatic carbocycles. The maximum Gasteiger partial charge on any atom is 0.247 e. The third-order valence-corrected chi connectivity index (χ3v) is 10.8. The van der Waals surface area contributed by atoms with Crippen molar-refractivity contribution < 1.29 is 19.5 Å². The number of aliphatic hydroxyl groups excluding tert-OH is 1. The second kappa shape index (κ2) is 11.4. The number of carbonyl (C=O) groups is 3. The molecule has 5 rings (SSSR count). The molecule has 8 heteroatoms. The number of fused-ring (bicyclic) bond motifs is 2. The summed E-state index contributed by atoms with van der Waals surface area (Å²) in [6.07, 6.45) is 11.8. The fourth-order valence-electron chi connectivity index (χ4n) is 7.31. The van der Waals surface area contributed by atoms with Crippen molar-refractivity contribution in [2.24, 2.45) is 17.8 Å². The first-order valence-electron chi connectivity index (χ1n) is 14.8. The average Bonchev–Trinajstić information content (AvgIpc) is 3.21. The van der Waals surface area contributed by atoms with Crippen LogP contribution in [0.4, 0.5) is 5.69 Å². The van der Waals surface area contributed by atoms with Crippen molar-refractivity contribution in [3.8, 4) is 0 Å². The molecule has 2 saturated heterocycles. The number of thioether (sulfide) groups is 1. The van der Waals surface area contributed by atoms with Gasteiger partial charge in [-0.2, -0.15) is 0 Å². The number of anilines is 1. The predicted octanol–water partition coefficient (Wildman–Crippen LogP) is 4.27. The fourth-order valence-corrected chi connectivity index (χ4v) is 9.46. The van der Waals surface area contributed by atoms with E-state index in [9.17, 15) is 19.5 Å². The van der Waals surface area contributed by atoms with Crippen LogP contribution >= 0.6 is 11.8 Å². The van der Waals surface area contributed by atoms with E-state index in [0.717, 1.165) is 24.9 Å². The van der Waals surface area contributed by atoms with Gasteiger partial charge in [-0.15, -0.1) is 11.8 Å². The number of carbonyl (C=O) groups excluding carboxylic acids is 3. The Kier molecular flexibility index (Phi) is 8.22. The molecule has 4 heterocycles. The molecule has 0 bridgehead atoms. The summed E-state index contributed by atoms with van der Waals surface area (Å²) < 4.78 is -1.54. The Bertz CT molecular complexity index is 1190. The lowest BCUT2D eigenvalue weighted by atomic mass is 9.74. The van der Waals surface area contributed by atoms with E-state index in [1.807, 2.05) is 54.3 Å². The molecule has 7 nitrogen and oxygen atoms in total. The highest BCUT2D eigenvalue weighted by Crippen LogP contribution is 2.66. The zero-order valence-corrected chi connectivity index (χ0v) is 25.0. The van der Waals surface area contributed by atoms with E-state index in [2.05, 4.69) is 32.9 Å². The van der Waals surface area contributed by atoms with Gasteiger partial charge >= 0.3 is 0 Å². The van der Waals surface area contributed by atoms with Crippen LogP contribution in [0.2, 0.25) is 0 Å². The normalized spacial score (nSPS) is 32.3. The van der Waals surface area contributed by atoms with Gasteiger partial charge in [0.1, 0.15) is 6.04 Å². The van der Waals surface area contributed by atoms with Crippen LogP contribution in [-0.4, -0.2) is 80.4 Å². The smallest absolute Gasteiger partial charge is 0.247 e. The van der Waals surface area contributed by atoms with Crippen LogP contribution in [0.3, 0.4) is 0 Å². The van der Waals surface area contributed by atoms with Crippen molar-refractivity contribution >= 4 is 35.2 Å². The van der Waals surface area contributed by atoms with Crippen LogP contribution in [0.15, 0.2) is 54.6 Å². The van der Waals surface area contributed by atoms with E-state index in [4.69, 9.17) is 0 Å². The Labute approximate surface area is 242 Å². The molecule has 1 aromatic rings. The van der Waals surface area contributed by atoms with Gasteiger partial charge in [-0.05, 0) is 37.8 Å². The highest BCUT2D eigenvalue weighted by molar-refractivity contribution is 8.02. The minimum atomic E-state index is -0.892. The third-order valence-electron chi connectivity index (χ3n) is 9.03. The first kappa shape index (κ1) is 28.9. The second-order valence-electron chi connectivity index (χ2n) is 12.3. The van der Waals surface area contributed by atoms with E-state index >= 15 is 0 Å². The number of benzene rings is 1. The summed E-state index contributed by atoms with van der Waals surface area (Å²) in [4.78, 5) is 48.9. The van der Waals surface area contributed by atoms with Gasteiger partial charge in [0.2, 0.25) is 17.7 Å². The summed E-state index contributed by atoms with van der Waals surface area (Å²) in [6, 6.07) is 8.35. The number of rotatable bonds is 9. The number of amides is 3. The molecular weight excluding hydrogens is 522 g/mol. The van der Waals surface area contributed by atoms with E-state index in [1.165, 1.54) is 0 Å². The zero-order chi connectivity index (χ0) is 28.7. The number of unbranched alkanes of at least 4 members (excludes halogenated alkanes) is 2. The standard InChI is InChI=1S/C32H43N3O4S/c1-5-6-10-17-33-18-12-16-32-26(29(38)35(27(32)30(33)39)24(21-36)20-22(2)3)25-28(37)34(23-13-8-7-9-14-23)19-11-15-31(25,4)40-32/h7-9,11-16,22,24-27,36H,5-6,10,17-21H2,1-4H3/t24-,25-,26+,27?,31+,32+/m1/s1. The molecule has 1 spiro atoms. The van der Waals surface area contributed by atoms with Crippen LogP contribution < -0.4 is 4.90 Å². The van der Waals surface area contributed by atoms with E-state index in [1.54, 1.807) is 21.6 Å². The molecule has 1 aromatic carbocycles. The first-order valence-corrected chi connectivity index (χ1v) is 15.6. The fraction of sp³-hybridized carbons (Fsp3) is 0.594. The van der Waals surface area contributed by atoms with E-state index in [-0.39, 0.29) is 30.2 Å². The van der Waals surface area contributed by atoms with E-state index < -0.39 is 33.4 Å². The molecule has 3 amide bonds. The van der Waals surface area contributed by atoms with Gasteiger partial charge in [0.25, 0.3) is 0 Å². The second-order valence-corrected chi connectivity index (χ2v) is 14.1. The van der Waals surface area contributed by atoms with Gasteiger partial charge < -0.3 is 19.8 Å². The Hall–Kier alpha value is -2.58. The van der Waals surface area contributed by atoms with Crippen molar-refractivity contribution in [2.45, 2.75) is 75.0 Å². The molecule has 0 radical (unpaired) electrons. The van der Waals surface area contributed by atoms with Gasteiger partial charge in [-0.25, -0.2) is 0 Å².